The van der Waals surface area contributed by atoms with Gasteiger partial charge in [-0.25, -0.2) is 13.2 Å². The number of hydrogen-bond acceptors (Lipinski definition) is 8. The van der Waals surface area contributed by atoms with E-state index in [0.29, 0.717) is 43.1 Å². The van der Waals surface area contributed by atoms with Crippen LogP contribution in [0.15, 0.2) is 35.3 Å². The van der Waals surface area contributed by atoms with Gasteiger partial charge in [-0.15, -0.1) is 0 Å². The highest BCUT2D eigenvalue weighted by atomic mass is 32.2. The number of carbonyl (C=O) groups is 1. The number of carbonyl (C=O) groups excluding carboxylic acids is 1. The SMILES string of the molecule is CCOC(=O)c1cccc(-n2ncc(N3CCN(S(=O)(=O)C(C)C)CC3)c(OC3CCCC3)c2=O)c1. The molecule has 1 aliphatic carbocycles. The van der Waals surface area contributed by atoms with E-state index in [1.54, 1.807) is 51.2 Å². The number of piperazine rings is 1. The smallest absolute Gasteiger partial charge is 0.338 e. The van der Waals surface area contributed by atoms with E-state index in [1.165, 1.54) is 8.99 Å². The average Bonchev–Trinajstić information content (AvgIpc) is 3.39. The fraction of sp³-hybridized carbons (Fsp3) is 0.560. The zero-order valence-electron chi connectivity index (χ0n) is 21.1. The Hall–Kier alpha value is -2.92. The highest BCUT2D eigenvalue weighted by molar-refractivity contribution is 7.89. The molecule has 1 saturated carbocycles. The van der Waals surface area contributed by atoms with Gasteiger partial charge in [-0.05, 0) is 64.7 Å². The first kappa shape index (κ1) is 26.2. The van der Waals surface area contributed by atoms with Crippen molar-refractivity contribution >= 4 is 21.7 Å². The van der Waals surface area contributed by atoms with E-state index in [-0.39, 0.29) is 18.5 Å². The number of benzene rings is 1. The van der Waals surface area contributed by atoms with Gasteiger partial charge in [0.2, 0.25) is 15.8 Å². The van der Waals surface area contributed by atoms with E-state index in [1.807, 2.05) is 4.90 Å². The quantitative estimate of drug-likeness (QED) is 0.491. The molecule has 10 nitrogen and oxygen atoms in total. The summed E-state index contributed by atoms with van der Waals surface area (Å²) in [7, 11) is -3.34. The average molecular weight is 519 g/mol. The fourth-order valence-corrected chi connectivity index (χ4v) is 5.85. The summed E-state index contributed by atoms with van der Waals surface area (Å²) in [6.07, 6.45) is 5.38. The Morgan fingerprint density at radius 2 is 1.83 bits per heavy atom. The predicted octanol–water partition coefficient (Wildman–Crippen LogP) is 2.59. The van der Waals surface area contributed by atoms with Crippen molar-refractivity contribution < 1.29 is 22.7 Å². The van der Waals surface area contributed by atoms with E-state index in [0.717, 1.165) is 25.7 Å². The number of nitrogens with zero attached hydrogens (tertiary/aromatic N) is 4. The minimum atomic E-state index is -3.34. The van der Waals surface area contributed by atoms with E-state index >= 15 is 0 Å². The molecule has 196 valence electrons. The molecular formula is C25H34N4O6S. The lowest BCUT2D eigenvalue weighted by Crippen LogP contribution is -2.50. The molecule has 0 radical (unpaired) electrons. The van der Waals surface area contributed by atoms with Crippen LogP contribution in [-0.2, 0) is 14.8 Å². The molecular weight excluding hydrogens is 484 g/mol. The standard InChI is InChI=1S/C25H34N4O6S/c1-4-34-25(31)19-8-7-9-20(16-19)29-24(30)23(35-21-10-5-6-11-21)22(17-26-29)27-12-14-28(15-13-27)36(32,33)18(2)3/h7-9,16-18,21H,4-6,10-15H2,1-3H3. The van der Waals surface area contributed by atoms with Gasteiger partial charge in [-0.2, -0.15) is 14.1 Å². The molecule has 2 heterocycles. The summed E-state index contributed by atoms with van der Waals surface area (Å²) in [5.41, 5.74) is 0.901. The Bertz CT molecular complexity index is 1250. The Kier molecular flexibility index (Phi) is 7.99. The van der Waals surface area contributed by atoms with Gasteiger partial charge in [0, 0.05) is 26.2 Å². The minimum absolute atomic E-state index is 0.0548. The van der Waals surface area contributed by atoms with Gasteiger partial charge in [0.05, 0.1) is 35.4 Å². The summed E-state index contributed by atoms with van der Waals surface area (Å²) in [5, 5.41) is 3.91. The van der Waals surface area contributed by atoms with Gasteiger partial charge >= 0.3 is 11.5 Å². The van der Waals surface area contributed by atoms with Crippen LogP contribution >= 0.6 is 0 Å². The van der Waals surface area contributed by atoms with Crippen LogP contribution < -0.4 is 15.2 Å². The molecule has 2 aromatic rings. The molecule has 0 spiro atoms. The zero-order valence-corrected chi connectivity index (χ0v) is 21.9. The molecule has 11 heteroatoms. The first-order chi connectivity index (χ1) is 17.2. The lowest BCUT2D eigenvalue weighted by atomic mass is 10.2. The first-order valence-corrected chi connectivity index (χ1v) is 14.0. The maximum atomic E-state index is 13.7. The highest BCUT2D eigenvalue weighted by Gasteiger charge is 2.32. The summed E-state index contributed by atoms with van der Waals surface area (Å²) >= 11 is 0. The Morgan fingerprint density at radius 1 is 1.14 bits per heavy atom. The van der Waals surface area contributed by atoms with Crippen LogP contribution in [0.4, 0.5) is 5.69 Å². The zero-order chi connectivity index (χ0) is 25.9. The second-order valence-electron chi connectivity index (χ2n) is 9.35. The molecule has 2 fully saturated rings. The molecule has 0 unspecified atom stereocenters. The number of hydrogen-bond donors (Lipinski definition) is 0. The van der Waals surface area contributed by atoms with Gasteiger partial charge in [-0.1, -0.05) is 6.07 Å². The summed E-state index contributed by atoms with van der Waals surface area (Å²) in [5.74, 6) is -0.265. The van der Waals surface area contributed by atoms with E-state index in [9.17, 15) is 18.0 Å². The largest absolute Gasteiger partial charge is 0.483 e. The lowest BCUT2D eigenvalue weighted by Gasteiger charge is -2.36. The first-order valence-electron chi connectivity index (χ1n) is 12.5. The second kappa shape index (κ2) is 11.0. The van der Waals surface area contributed by atoms with Crippen molar-refractivity contribution in [2.75, 3.05) is 37.7 Å². The monoisotopic (exact) mass is 518 g/mol. The third kappa shape index (κ3) is 5.41. The fourth-order valence-electron chi connectivity index (χ4n) is 4.58. The van der Waals surface area contributed by atoms with Crippen molar-refractivity contribution in [1.82, 2.24) is 14.1 Å². The number of ether oxygens (including phenoxy) is 2. The molecule has 1 aliphatic heterocycles. The minimum Gasteiger partial charge on any atom is -0.483 e. The molecule has 0 atom stereocenters. The number of sulfonamides is 1. The third-order valence-electron chi connectivity index (χ3n) is 6.64. The number of esters is 1. The Labute approximate surface area is 211 Å². The van der Waals surface area contributed by atoms with E-state index in [4.69, 9.17) is 9.47 Å². The molecule has 1 aromatic carbocycles. The number of rotatable bonds is 8. The molecule has 0 bridgehead atoms. The van der Waals surface area contributed by atoms with E-state index in [2.05, 4.69) is 5.10 Å². The molecule has 0 N–H and O–H groups in total. The van der Waals surface area contributed by atoms with Crippen LogP contribution in [0.3, 0.4) is 0 Å². The summed E-state index contributed by atoms with van der Waals surface area (Å²) in [6.45, 7) is 6.85. The van der Waals surface area contributed by atoms with Crippen LogP contribution in [0, 0.1) is 0 Å². The number of anilines is 1. The normalized spacial score (nSPS) is 17.5. The van der Waals surface area contributed by atoms with Crippen molar-refractivity contribution in [2.45, 2.75) is 57.8 Å². The van der Waals surface area contributed by atoms with Crippen molar-refractivity contribution in [3.63, 3.8) is 0 Å². The topological polar surface area (TPSA) is 111 Å². The summed E-state index contributed by atoms with van der Waals surface area (Å²) in [6, 6.07) is 6.57. The third-order valence-corrected chi connectivity index (χ3v) is 8.91. The Balaban J connectivity index is 1.67. The van der Waals surface area contributed by atoms with Gasteiger partial charge in [0.25, 0.3) is 0 Å². The van der Waals surface area contributed by atoms with Crippen molar-refractivity contribution in [3.8, 4) is 11.4 Å². The molecule has 2 aliphatic rings. The molecule has 36 heavy (non-hydrogen) atoms. The van der Waals surface area contributed by atoms with Crippen LogP contribution in [0.2, 0.25) is 0 Å². The second-order valence-corrected chi connectivity index (χ2v) is 11.8. The lowest BCUT2D eigenvalue weighted by molar-refractivity contribution is 0.0526. The van der Waals surface area contributed by atoms with Crippen molar-refractivity contribution in [3.05, 3.63) is 46.4 Å². The molecule has 1 aromatic heterocycles. The maximum Gasteiger partial charge on any atom is 0.338 e. The van der Waals surface area contributed by atoms with Crippen LogP contribution in [0.25, 0.3) is 5.69 Å². The van der Waals surface area contributed by atoms with Gasteiger partial charge in [0.1, 0.15) is 5.69 Å². The van der Waals surface area contributed by atoms with Gasteiger partial charge < -0.3 is 14.4 Å². The van der Waals surface area contributed by atoms with Gasteiger partial charge in [0.15, 0.2) is 0 Å². The Morgan fingerprint density at radius 3 is 2.47 bits per heavy atom. The van der Waals surface area contributed by atoms with Crippen LogP contribution in [-0.4, -0.2) is 72.6 Å². The molecule has 0 amide bonds. The summed E-state index contributed by atoms with van der Waals surface area (Å²) < 4.78 is 39.2. The highest BCUT2D eigenvalue weighted by Crippen LogP contribution is 2.30. The predicted molar refractivity (Wildman–Crippen MR) is 137 cm³/mol. The maximum absolute atomic E-state index is 13.7. The molecule has 4 rings (SSSR count). The molecule has 1 saturated heterocycles. The number of aromatic nitrogens is 2. The van der Waals surface area contributed by atoms with Crippen molar-refractivity contribution in [2.24, 2.45) is 0 Å². The van der Waals surface area contributed by atoms with Crippen LogP contribution in [0.1, 0.15) is 56.8 Å². The van der Waals surface area contributed by atoms with Gasteiger partial charge in [-0.3, -0.25) is 4.79 Å². The summed E-state index contributed by atoms with van der Waals surface area (Å²) in [4.78, 5) is 27.8. The van der Waals surface area contributed by atoms with Crippen LogP contribution in [0.5, 0.6) is 5.75 Å². The van der Waals surface area contributed by atoms with E-state index < -0.39 is 26.8 Å². The van der Waals surface area contributed by atoms with Crippen molar-refractivity contribution in [1.29, 1.82) is 0 Å².